The highest BCUT2D eigenvalue weighted by atomic mass is 32.2. The van der Waals surface area contributed by atoms with Crippen molar-refractivity contribution in [3.63, 3.8) is 0 Å². The molecule has 8 heteroatoms. The van der Waals surface area contributed by atoms with E-state index in [4.69, 9.17) is 9.47 Å². The summed E-state index contributed by atoms with van der Waals surface area (Å²) < 4.78 is 28.1. The molecule has 2 heterocycles. The molecule has 4 atom stereocenters. The third-order valence-electron chi connectivity index (χ3n) is 6.78. The first-order valence-electron chi connectivity index (χ1n) is 10.9. The number of aromatic nitrogens is 2. The summed E-state index contributed by atoms with van der Waals surface area (Å²) in [7, 11) is 0. The molecule has 0 unspecified atom stereocenters. The molecule has 172 valence electrons. The number of aromatic amines is 1. The van der Waals surface area contributed by atoms with Gasteiger partial charge in [-0.3, -0.25) is 14.3 Å². The number of H-pyrrole nitrogens is 1. The number of nitrogens with one attached hydrogen (secondary N) is 1. The number of fused-ring (bicyclic) bond motifs is 1. The van der Waals surface area contributed by atoms with Crippen molar-refractivity contribution in [1.29, 1.82) is 0 Å². The lowest BCUT2D eigenvalue weighted by Crippen LogP contribution is -2.54. The highest BCUT2D eigenvalue weighted by Gasteiger charge is 2.79. The summed E-state index contributed by atoms with van der Waals surface area (Å²) in [5.41, 5.74) is -1.13. The number of rotatable bonds is 8. The van der Waals surface area contributed by atoms with E-state index in [9.17, 15) is 14.0 Å². The predicted molar refractivity (Wildman–Crippen MR) is 125 cm³/mol. The Kier molecular flexibility index (Phi) is 5.76. The Morgan fingerprint density at radius 1 is 1.06 bits per heavy atom. The molecule has 1 N–H and O–H groups in total. The number of hydrogen-bond acceptors (Lipinski definition) is 5. The van der Waals surface area contributed by atoms with E-state index in [1.807, 2.05) is 67.6 Å². The highest BCUT2D eigenvalue weighted by molar-refractivity contribution is 8.00. The van der Waals surface area contributed by atoms with E-state index in [0.29, 0.717) is 25.6 Å². The Bertz CT molecular complexity index is 1250. The number of halogens is 1. The maximum atomic E-state index is 14.2. The largest absolute Gasteiger partial charge is 0.376 e. The van der Waals surface area contributed by atoms with Gasteiger partial charge in [-0.1, -0.05) is 60.7 Å². The van der Waals surface area contributed by atoms with Crippen molar-refractivity contribution in [3.8, 4) is 0 Å². The Hall–Kier alpha value is -2.68. The summed E-state index contributed by atoms with van der Waals surface area (Å²) in [5, 5.41) is 0.101. The molecule has 33 heavy (non-hydrogen) atoms. The number of benzene rings is 2. The van der Waals surface area contributed by atoms with Crippen molar-refractivity contribution in [3.05, 3.63) is 105 Å². The second-order valence-electron chi connectivity index (χ2n) is 8.79. The van der Waals surface area contributed by atoms with Crippen LogP contribution in [0.25, 0.3) is 0 Å². The Morgan fingerprint density at radius 3 is 2.36 bits per heavy atom. The van der Waals surface area contributed by atoms with Crippen LogP contribution < -0.4 is 11.2 Å². The molecule has 3 aromatic rings. The second kappa shape index (κ2) is 8.59. The van der Waals surface area contributed by atoms with Gasteiger partial charge in [-0.2, -0.15) is 16.2 Å². The van der Waals surface area contributed by atoms with Crippen molar-refractivity contribution in [2.45, 2.75) is 36.5 Å². The molecule has 1 aliphatic heterocycles. The van der Waals surface area contributed by atoms with Crippen LogP contribution in [0.3, 0.4) is 0 Å². The molecule has 2 aromatic carbocycles. The molecule has 0 radical (unpaired) electrons. The molecule has 1 aromatic heterocycles. The van der Waals surface area contributed by atoms with E-state index in [1.165, 1.54) is 4.57 Å². The molecule has 6 nitrogen and oxygen atoms in total. The zero-order valence-corrected chi connectivity index (χ0v) is 19.0. The van der Waals surface area contributed by atoms with Crippen LogP contribution in [0.2, 0.25) is 0 Å². The molecule has 0 bridgehead atoms. The lowest BCUT2D eigenvalue weighted by Gasteiger charge is -2.37. The van der Waals surface area contributed by atoms with Crippen LogP contribution in [0.1, 0.15) is 18.1 Å². The first kappa shape index (κ1) is 22.1. The Balaban J connectivity index is 1.44. The zero-order chi connectivity index (χ0) is 23.1. The molecule has 1 saturated heterocycles. The van der Waals surface area contributed by atoms with E-state index >= 15 is 0 Å². The Labute approximate surface area is 194 Å². The average molecular weight is 469 g/mol. The van der Waals surface area contributed by atoms with E-state index in [0.717, 1.165) is 17.3 Å². The number of ether oxygens (including phenoxy) is 2. The first-order chi connectivity index (χ1) is 16.0. The maximum Gasteiger partial charge on any atom is 0.329 e. The van der Waals surface area contributed by atoms with Crippen LogP contribution >= 0.6 is 11.8 Å². The minimum Gasteiger partial charge on any atom is -0.376 e. The topological polar surface area (TPSA) is 73.3 Å². The molecule has 0 spiro atoms. The van der Waals surface area contributed by atoms with Gasteiger partial charge in [-0.25, -0.2) is 4.79 Å². The summed E-state index contributed by atoms with van der Waals surface area (Å²) in [4.78, 5) is 26.4. The van der Waals surface area contributed by atoms with Gasteiger partial charge in [0.1, 0.15) is 5.60 Å². The minimum atomic E-state index is -1.01. The molecule has 1 saturated carbocycles. The van der Waals surface area contributed by atoms with Crippen molar-refractivity contribution in [1.82, 2.24) is 9.55 Å². The highest BCUT2D eigenvalue weighted by Crippen LogP contribution is 2.68. The second-order valence-corrected chi connectivity index (χ2v) is 9.92. The molecule has 2 aliphatic rings. The van der Waals surface area contributed by atoms with Gasteiger partial charge in [0.2, 0.25) is 5.82 Å². The quantitative estimate of drug-likeness (QED) is 0.549. The van der Waals surface area contributed by atoms with Gasteiger partial charge < -0.3 is 9.47 Å². The summed E-state index contributed by atoms with van der Waals surface area (Å²) in [6, 6.07) is 19.7. The van der Waals surface area contributed by atoms with Gasteiger partial charge in [0.05, 0.1) is 31.6 Å². The minimum absolute atomic E-state index is 0.0237. The molecule has 0 amide bonds. The van der Waals surface area contributed by atoms with Gasteiger partial charge in [-0.15, -0.1) is 0 Å². The summed E-state index contributed by atoms with van der Waals surface area (Å²) >= 11 is 1.70. The van der Waals surface area contributed by atoms with Crippen molar-refractivity contribution < 1.29 is 13.9 Å². The van der Waals surface area contributed by atoms with Gasteiger partial charge >= 0.3 is 5.69 Å². The van der Waals surface area contributed by atoms with Gasteiger partial charge in [0, 0.05) is 16.9 Å². The fourth-order valence-corrected chi connectivity index (χ4v) is 7.04. The monoisotopic (exact) mass is 468 g/mol. The van der Waals surface area contributed by atoms with Crippen LogP contribution in [0.4, 0.5) is 4.39 Å². The van der Waals surface area contributed by atoms with Crippen molar-refractivity contribution >= 4 is 11.8 Å². The van der Waals surface area contributed by atoms with Gasteiger partial charge in [-0.05, 0) is 18.1 Å². The normalized spacial score (nSPS) is 27.9. The van der Waals surface area contributed by atoms with Crippen molar-refractivity contribution in [2.75, 3.05) is 12.4 Å². The molecule has 5 rings (SSSR count). The standard InChI is InChI=1S/C25H25FN2O4S/c1-24(28-12-20(26)22(29)27-23(28)30)16-33-21-19(15-31-13-17-8-4-2-5-9-17)25(21,24)32-14-18-10-6-3-7-11-18/h2-12,19,21H,13-16H2,1H3,(H,27,29,30)/t19-,21+,24-,25+/m0/s1. The van der Waals surface area contributed by atoms with Crippen LogP contribution in [0, 0.1) is 11.7 Å². The summed E-state index contributed by atoms with van der Waals surface area (Å²) in [6.07, 6.45) is 1.01. The predicted octanol–water partition coefficient (Wildman–Crippen LogP) is 3.31. The number of thioether (sulfide) groups is 1. The van der Waals surface area contributed by atoms with Crippen LogP contribution in [-0.2, 0) is 28.2 Å². The fourth-order valence-electron chi connectivity index (χ4n) is 4.99. The molecule has 2 fully saturated rings. The first-order valence-corrected chi connectivity index (χ1v) is 11.9. The van der Waals surface area contributed by atoms with E-state index in [-0.39, 0.29) is 11.2 Å². The lowest BCUT2D eigenvalue weighted by molar-refractivity contribution is -0.0680. The van der Waals surface area contributed by atoms with Gasteiger partial charge in [0.15, 0.2) is 0 Å². The van der Waals surface area contributed by atoms with Gasteiger partial charge in [0.25, 0.3) is 5.56 Å². The van der Waals surface area contributed by atoms with E-state index < -0.39 is 28.2 Å². The SMILES string of the molecule is C[C@]1(n2cc(F)c(=O)[nH]c2=O)CS[C@@H]2[C@H](COCc3ccccc3)[C@@]21OCc1ccccc1. The third-order valence-corrected chi connectivity index (χ3v) is 8.54. The number of hydrogen-bond donors (Lipinski definition) is 1. The third kappa shape index (κ3) is 3.76. The average Bonchev–Trinajstić information content (AvgIpc) is 3.35. The molecular weight excluding hydrogens is 443 g/mol. The number of nitrogens with zero attached hydrogens (tertiary/aromatic N) is 1. The van der Waals surface area contributed by atoms with Crippen LogP contribution in [-0.4, -0.2) is 32.8 Å². The fraction of sp³-hybridized carbons (Fsp3) is 0.360. The molecular formula is C25H25FN2O4S. The van der Waals surface area contributed by atoms with E-state index in [1.54, 1.807) is 11.8 Å². The smallest absolute Gasteiger partial charge is 0.329 e. The molecule has 1 aliphatic carbocycles. The van der Waals surface area contributed by atoms with Crippen LogP contribution in [0.15, 0.2) is 76.4 Å². The lowest BCUT2D eigenvalue weighted by atomic mass is 9.91. The Morgan fingerprint density at radius 2 is 1.70 bits per heavy atom. The maximum absolute atomic E-state index is 14.2. The van der Waals surface area contributed by atoms with E-state index in [2.05, 4.69) is 4.98 Å². The zero-order valence-electron chi connectivity index (χ0n) is 18.2. The van der Waals surface area contributed by atoms with Crippen molar-refractivity contribution in [2.24, 2.45) is 5.92 Å². The summed E-state index contributed by atoms with van der Waals surface area (Å²) in [6.45, 7) is 3.20. The van der Waals surface area contributed by atoms with Crippen LogP contribution in [0.5, 0.6) is 0 Å². The summed E-state index contributed by atoms with van der Waals surface area (Å²) in [5.74, 6) is -0.400.